The Morgan fingerprint density at radius 3 is 2.73 bits per heavy atom. The van der Waals surface area contributed by atoms with Crippen LogP contribution in [0.4, 0.5) is 20.2 Å². The molecule has 0 unspecified atom stereocenters. The van der Waals surface area contributed by atoms with Gasteiger partial charge in [0.2, 0.25) is 15.9 Å². The van der Waals surface area contributed by atoms with Crippen LogP contribution in [0.15, 0.2) is 30.6 Å². The Hall–Kier alpha value is -3.28. The first kappa shape index (κ1) is 21.4. The number of aromatic nitrogens is 3. The Morgan fingerprint density at radius 2 is 2.03 bits per heavy atom. The summed E-state index contributed by atoms with van der Waals surface area (Å²) in [7, 11) is -3.83. The summed E-state index contributed by atoms with van der Waals surface area (Å²) in [6.45, 7) is 3.84. The molecule has 2 heterocycles. The lowest BCUT2D eigenvalue weighted by Gasteiger charge is -2.12. The predicted molar refractivity (Wildman–Crippen MR) is 106 cm³/mol. The Kier molecular flexibility index (Phi) is 6.15. The molecule has 0 aliphatic rings. The summed E-state index contributed by atoms with van der Waals surface area (Å²) < 4.78 is 61.3. The molecule has 2 aromatic heterocycles. The number of ether oxygens (including phenoxy) is 1. The zero-order valence-electron chi connectivity index (χ0n) is 16.1. The van der Waals surface area contributed by atoms with Crippen LogP contribution < -0.4 is 14.8 Å². The fourth-order valence-corrected chi connectivity index (χ4v) is 3.79. The molecule has 1 amide bonds. The zero-order chi connectivity index (χ0) is 21.9. The number of rotatable bonds is 8. The van der Waals surface area contributed by atoms with Crippen LogP contribution in [-0.2, 0) is 10.0 Å². The molecule has 160 valence electrons. The van der Waals surface area contributed by atoms with Gasteiger partial charge in [-0.3, -0.25) is 9.52 Å². The maximum Gasteiger partial charge on any atom is 0.261 e. The number of halogens is 2. The van der Waals surface area contributed by atoms with E-state index in [4.69, 9.17) is 4.74 Å². The summed E-state index contributed by atoms with van der Waals surface area (Å²) in [5, 5.41) is 6.43. The molecule has 0 spiro atoms. The lowest BCUT2D eigenvalue weighted by Crippen LogP contribution is -2.20. The van der Waals surface area contributed by atoms with Crippen molar-refractivity contribution in [1.82, 2.24) is 14.6 Å². The monoisotopic (exact) mass is 439 g/mol. The summed E-state index contributed by atoms with van der Waals surface area (Å²) in [6.07, 6.45) is 2.99. The van der Waals surface area contributed by atoms with Gasteiger partial charge in [-0.15, -0.1) is 5.10 Å². The maximum absolute atomic E-state index is 14.7. The summed E-state index contributed by atoms with van der Waals surface area (Å²) >= 11 is 0. The van der Waals surface area contributed by atoms with E-state index in [1.807, 2.05) is 4.72 Å². The quantitative estimate of drug-likeness (QED) is 0.558. The maximum atomic E-state index is 14.7. The minimum Gasteiger partial charge on any atom is -0.477 e. The predicted octanol–water partition coefficient (Wildman–Crippen LogP) is 2.81. The molecule has 1 aromatic carbocycles. The highest BCUT2D eigenvalue weighted by atomic mass is 32.2. The van der Waals surface area contributed by atoms with Crippen molar-refractivity contribution in [3.8, 4) is 5.88 Å². The number of anilines is 2. The van der Waals surface area contributed by atoms with Gasteiger partial charge < -0.3 is 10.1 Å². The highest BCUT2D eigenvalue weighted by Crippen LogP contribution is 2.24. The van der Waals surface area contributed by atoms with Crippen LogP contribution in [-0.4, -0.2) is 41.3 Å². The van der Waals surface area contributed by atoms with Crippen LogP contribution in [0.3, 0.4) is 0 Å². The molecule has 0 aliphatic heterocycles. The van der Waals surface area contributed by atoms with E-state index in [-0.39, 0.29) is 11.4 Å². The fourth-order valence-electron chi connectivity index (χ4n) is 2.66. The molecule has 0 fully saturated rings. The summed E-state index contributed by atoms with van der Waals surface area (Å²) in [5.74, 6) is -3.49. The zero-order valence-corrected chi connectivity index (χ0v) is 17.0. The third kappa shape index (κ3) is 4.64. The third-order valence-electron chi connectivity index (χ3n) is 3.90. The van der Waals surface area contributed by atoms with Gasteiger partial charge in [0.05, 0.1) is 36.1 Å². The van der Waals surface area contributed by atoms with Crippen LogP contribution in [0, 0.1) is 11.6 Å². The first-order valence-corrected chi connectivity index (χ1v) is 10.7. The van der Waals surface area contributed by atoms with Gasteiger partial charge in [-0.25, -0.2) is 26.7 Å². The molecular formula is C18H19F2N5O4S. The highest BCUT2D eigenvalue weighted by molar-refractivity contribution is 7.92. The number of hydrogen-bond donors (Lipinski definition) is 2. The van der Waals surface area contributed by atoms with Crippen molar-refractivity contribution >= 4 is 33.0 Å². The van der Waals surface area contributed by atoms with Crippen molar-refractivity contribution in [2.45, 2.75) is 20.3 Å². The standard InChI is InChI=1S/C18H19F2N5O4S/c1-3-7-30(27,28)24-13-6-5-12(19)16(17(13)20)18(26)22-11-9-21-14-8-15(29-4-2)23-25(14)10-11/h5-6,8-10,24H,3-4,7H2,1-2H3,(H,22,26). The number of nitrogens with one attached hydrogen (secondary N) is 2. The van der Waals surface area contributed by atoms with Crippen LogP contribution in [0.2, 0.25) is 0 Å². The number of fused-ring (bicyclic) bond motifs is 1. The van der Waals surface area contributed by atoms with Crippen molar-refractivity contribution in [3.63, 3.8) is 0 Å². The molecule has 0 radical (unpaired) electrons. The number of carbonyl (C=O) groups is 1. The van der Waals surface area contributed by atoms with Gasteiger partial charge >= 0.3 is 0 Å². The van der Waals surface area contributed by atoms with E-state index in [1.165, 1.54) is 16.9 Å². The second kappa shape index (κ2) is 8.61. The van der Waals surface area contributed by atoms with Crippen molar-refractivity contribution in [1.29, 1.82) is 0 Å². The van der Waals surface area contributed by atoms with Crippen molar-refractivity contribution in [2.24, 2.45) is 0 Å². The number of benzene rings is 1. The number of sulfonamides is 1. The molecule has 3 aromatic rings. The van der Waals surface area contributed by atoms with E-state index < -0.39 is 38.8 Å². The summed E-state index contributed by atoms with van der Waals surface area (Å²) in [4.78, 5) is 16.6. The number of carbonyl (C=O) groups excluding carboxylic acids is 1. The van der Waals surface area contributed by atoms with E-state index in [0.717, 1.165) is 12.1 Å². The van der Waals surface area contributed by atoms with Gasteiger partial charge in [-0.1, -0.05) is 6.92 Å². The smallest absolute Gasteiger partial charge is 0.261 e. The van der Waals surface area contributed by atoms with Crippen molar-refractivity contribution in [3.05, 3.63) is 47.8 Å². The van der Waals surface area contributed by atoms with E-state index in [1.54, 1.807) is 19.9 Å². The fraction of sp³-hybridized carbons (Fsp3) is 0.278. The third-order valence-corrected chi connectivity index (χ3v) is 5.37. The van der Waals surface area contributed by atoms with Crippen LogP contribution in [0.5, 0.6) is 5.88 Å². The largest absolute Gasteiger partial charge is 0.477 e. The molecule has 0 atom stereocenters. The van der Waals surface area contributed by atoms with E-state index in [2.05, 4.69) is 15.4 Å². The first-order valence-electron chi connectivity index (χ1n) is 9.02. The number of hydrogen-bond acceptors (Lipinski definition) is 6. The molecule has 0 saturated heterocycles. The Balaban J connectivity index is 1.87. The molecular weight excluding hydrogens is 420 g/mol. The summed E-state index contributed by atoms with van der Waals surface area (Å²) in [6, 6.07) is 3.31. The van der Waals surface area contributed by atoms with E-state index in [9.17, 15) is 22.0 Å². The van der Waals surface area contributed by atoms with Crippen LogP contribution in [0.1, 0.15) is 30.6 Å². The van der Waals surface area contributed by atoms with Gasteiger partial charge in [0.25, 0.3) is 5.91 Å². The van der Waals surface area contributed by atoms with Crippen LogP contribution >= 0.6 is 0 Å². The molecule has 2 N–H and O–H groups in total. The minimum atomic E-state index is -3.83. The lowest BCUT2D eigenvalue weighted by molar-refractivity contribution is 0.101. The van der Waals surface area contributed by atoms with Gasteiger partial charge in [-0.05, 0) is 25.5 Å². The van der Waals surface area contributed by atoms with Crippen LogP contribution in [0.25, 0.3) is 5.65 Å². The number of amides is 1. The van der Waals surface area contributed by atoms with Crippen molar-refractivity contribution in [2.75, 3.05) is 22.4 Å². The minimum absolute atomic E-state index is 0.120. The molecule has 9 nitrogen and oxygen atoms in total. The van der Waals surface area contributed by atoms with Gasteiger partial charge in [0.15, 0.2) is 11.5 Å². The van der Waals surface area contributed by atoms with Gasteiger partial charge in [0.1, 0.15) is 11.4 Å². The SMILES string of the molecule is CCCS(=O)(=O)Nc1ccc(F)c(C(=O)Nc2cnc3cc(OCC)nn3c2)c1F. The molecule has 30 heavy (non-hydrogen) atoms. The molecule has 0 aliphatic carbocycles. The lowest BCUT2D eigenvalue weighted by atomic mass is 10.1. The van der Waals surface area contributed by atoms with Crippen molar-refractivity contribution < 1.29 is 26.7 Å². The van der Waals surface area contributed by atoms with Gasteiger partial charge in [-0.2, -0.15) is 0 Å². The Morgan fingerprint density at radius 1 is 1.27 bits per heavy atom. The molecule has 12 heteroatoms. The Labute approximate surface area is 171 Å². The summed E-state index contributed by atoms with van der Waals surface area (Å²) in [5.41, 5.74) is -0.880. The van der Waals surface area contributed by atoms with E-state index in [0.29, 0.717) is 24.6 Å². The molecule has 0 saturated carbocycles. The van der Waals surface area contributed by atoms with E-state index >= 15 is 0 Å². The number of nitrogens with zero attached hydrogens (tertiary/aromatic N) is 3. The second-order valence-corrected chi connectivity index (χ2v) is 8.06. The topological polar surface area (TPSA) is 115 Å². The highest BCUT2D eigenvalue weighted by Gasteiger charge is 2.23. The average molecular weight is 439 g/mol. The second-order valence-electron chi connectivity index (χ2n) is 6.22. The van der Waals surface area contributed by atoms with Gasteiger partial charge in [0, 0.05) is 6.07 Å². The first-order chi connectivity index (χ1) is 14.2. The molecule has 3 rings (SSSR count). The molecule has 0 bridgehead atoms. The average Bonchev–Trinajstić information content (AvgIpc) is 3.06. The Bertz CT molecular complexity index is 1200. The normalized spacial score (nSPS) is 11.5.